The molecule has 1 fully saturated rings. The molecule has 0 unspecified atom stereocenters. The largest absolute Gasteiger partial charge is 0.309 e. The molecule has 0 spiro atoms. The van der Waals surface area contributed by atoms with Crippen LogP contribution in [0.15, 0.2) is 17.5 Å². The van der Waals surface area contributed by atoms with Crippen molar-refractivity contribution in [3.05, 3.63) is 22.4 Å². The highest BCUT2D eigenvalue weighted by atomic mass is 32.1. The minimum absolute atomic E-state index is 0.481. The molecular weight excluding hydrogens is 226 g/mol. The fraction of sp³-hybridized carbons (Fsp3) is 0.733. The van der Waals surface area contributed by atoms with Crippen molar-refractivity contribution in [3.63, 3.8) is 0 Å². The van der Waals surface area contributed by atoms with E-state index >= 15 is 0 Å². The van der Waals surface area contributed by atoms with Crippen LogP contribution in [0, 0.1) is 10.8 Å². The van der Waals surface area contributed by atoms with Crippen LogP contribution in [-0.2, 0) is 6.54 Å². The first-order valence-electron chi connectivity index (χ1n) is 6.62. The molecule has 2 rings (SSSR count). The van der Waals surface area contributed by atoms with Gasteiger partial charge in [0.2, 0.25) is 0 Å². The molecule has 1 aromatic rings. The lowest BCUT2D eigenvalue weighted by Crippen LogP contribution is -2.43. The molecule has 1 nitrogen and oxygen atoms in total. The lowest BCUT2D eigenvalue weighted by atomic mass is 9.63. The van der Waals surface area contributed by atoms with Crippen LogP contribution in [0.3, 0.4) is 0 Å². The Labute approximate surface area is 110 Å². The maximum atomic E-state index is 3.75. The Bertz CT molecular complexity index is 335. The Morgan fingerprint density at radius 2 is 1.88 bits per heavy atom. The van der Waals surface area contributed by atoms with E-state index in [1.165, 1.54) is 24.1 Å². The zero-order chi connectivity index (χ0) is 12.5. The van der Waals surface area contributed by atoms with E-state index < -0.39 is 0 Å². The van der Waals surface area contributed by atoms with Crippen molar-refractivity contribution in [1.82, 2.24) is 5.32 Å². The first-order chi connectivity index (χ1) is 7.86. The number of thiophene rings is 1. The molecule has 0 amide bonds. The second-order valence-electron chi connectivity index (χ2n) is 7.07. The molecule has 0 bridgehead atoms. The summed E-state index contributed by atoms with van der Waals surface area (Å²) in [5, 5.41) is 5.90. The van der Waals surface area contributed by atoms with Crippen molar-refractivity contribution in [2.75, 3.05) is 0 Å². The van der Waals surface area contributed by atoms with E-state index in [2.05, 4.69) is 50.5 Å². The Hall–Kier alpha value is -0.340. The fourth-order valence-electron chi connectivity index (χ4n) is 3.65. The SMILES string of the molecule is CC1(C)CC(NCc2cccs2)CC(C)(C)C1. The summed E-state index contributed by atoms with van der Waals surface area (Å²) in [6.07, 6.45) is 3.96. The first-order valence-corrected chi connectivity index (χ1v) is 7.50. The zero-order valence-electron chi connectivity index (χ0n) is 11.5. The van der Waals surface area contributed by atoms with Gasteiger partial charge in [-0.1, -0.05) is 33.8 Å². The van der Waals surface area contributed by atoms with Crippen LogP contribution >= 0.6 is 11.3 Å². The monoisotopic (exact) mass is 251 g/mol. The van der Waals surface area contributed by atoms with Crippen LogP contribution in [-0.4, -0.2) is 6.04 Å². The third-order valence-corrected chi connectivity index (χ3v) is 4.58. The van der Waals surface area contributed by atoms with Gasteiger partial charge in [-0.15, -0.1) is 11.3 Å². The smallest absolute Gasteiger partial charge is 0.0302 e. The average molecular weight is 251 g/mol. The van der Waals surface area contributed by atoms with Crippen LogP contribution in [0.1, 0.15) is 51.8 Å². The predicted octanol–water partition coefficient (Wildman–Crippen LogP) is 4.44. The quantitative estimate of drug-likeness (QED) is 0.837. The molecule has 2 heteroatoms. The summed E-state index contributed by atoms with van der Waals surface area (Å²) in [7, 11) is 0. The molecule has 0 saturated heterocycles. The Morgan fingerprint density at radius 3 is 2.41 bits per heavy atom. The molecule has 96 valence electrons. The normalized spacial score (nSPS) is 23.8. The number of nitrogens with one attached hydrogen (secondary N) is 1. The highest BCUT2D eigenvalue weighted by Crippen LogP contribution is 2.45. The van der Waals surface area contributed by atoms with Crippen molar-refractivity contribution < 1.29 is 0 Å². The third kappa shape index (κ3) is 3.82. The molecule has 17 heavy (non-hydrogen) atoms. The van der Waals surface area contributed by atoms with Crippen molar-refractivity contribution >= 4 is 11.3 Å². The summed E-state index contributed by atoms with van der Waals surface area (Å²) in [5.41, 5.74) is 0.962. The van der Waals surface area contributed by atoms with Crippen LogP contribution in [0.2, 0.25) is 0 Å². The van der Waals surface area contributed by atoms with Gasteiger partial charge in [-0.2, -0.15) is 0 Å². The van der Waals surface area contributed by atoms with Gasteiger partial charge >= 0.3 is 0 Å². The van der Waals surface area contributed by atoms with Gasteiger partial charge in [0.25, 0.3) is 0 Å². The van der Waals surface area contributed by atoms with E-state index in [0.29, 0.717) is 16.9 Å². The van der Waals surface area contributed by atoms with Crippen molar-refractivity contribution in [2.45, 2.75) is 59.5 Å². The number of rotatable bonds is 3. The molecule has 0 atom stereocenters. The molecule has 0 aliphatic heterocycles. The van der Waals surface area contributed by atoms with Gasteiger partial charge < -0.3 is 5.32 Å². The minimum atomic E-state index is 0.481. The van der Waals surface area contributed by atoms with E-state index in [4.69, 9.17) is 0 Å². The first kappa shape index (κ1) is 13.1. The average Bonchev–Trinajstić information content (AvgIpc) is 2.61. The van der Waals surface area contributed by atoms with Crippen molar-refractivity contribution in [2.24, 2.45) is 10.8 Å². The topological polar surface area (TPSA) is 12.0 Å². The van der Waals surface area contributed by atoms with Gasteiger partial charge in [-0.05, 0) is 41.5 Å². The number of hydrogen-bond donors (Lipinski definition) is 1. The summed E-state index contributed by atoms with van der Waals surface area (Å²) >= 11 is 1.85. The fourth-order valence-corrected chi connectivity index (χ4v) is 4.30. The maximum Gasteiger partial charge on any atom is 0.0302 e. The standard InChI is InChI=1S/C15H25NS/c1-14(2)8-12(9-15(3,4)11-14)16-10-13-6-5-7-17-13/h5-7,12,16H,8-11H2,1-4H3. The summed E-state index contributed by atoms with van der Waals surface area (Å²) in [4.78, 5) is 1.45. The van der Waals surface area contributed by atoms with Gasteiger partial charge in [0, 0.05) is 17.5 Å². The van der Waals surface area contributed by atoms with Crippen LogP contribution < -0.4 is 5.32 Å². The molecule has 1 heterocycles. The van der Waals surface area contributed by atoms with Gasteiger partial charge in [-0.3, -0.25) is 0 Å². The van der Waals surface area contributed by atoms with Crippen molar-refractivity contribution in [3.8, 4) is 0 Å². The molecule has 0 radical (unpaired) electrons. The van der Waals surface area contributed by atoms with Crippen LogP contribution in [0.4, 0.5) is 0 Å². The second-order valence-corrected chi connectivity index (χ2v) is 8.10. The lowest BCUT2D eigenvalue weighted by Gasteiger charge is -2.45. The van der Waals surface area contributed by atoms with Gasteiger partial charge in [0.15, 0.2) is 0 Å². The van der Waals surface area contributed by atoms with E-state index in [1.54, 1.807) is 0 Å². The number of hydrogen-bond acceptors (Lipinski definition) is 2. The Balaban J connectivity index is 1.92. The highest BCUT2D eigenvalue weighted by Gasteiger charge is 2.38. The third-order valence-electron chi connectivity index (χ3n) is 3.70. The molecule has 1 aliphatic carbocycles. The van der Waals surface area contributed by atoms with Crippen LogP contribution in [0.25, 0.3) is 0 Å². The van der Waals surface area contributed by atoms with E-state index in [1.807, 2.05) is 11.3 Å². The van der Waals surface area contributed by atoms with E-state index in [-0.39, 0.29) is 0 Å². The Morgan fingerprint density at radius 1 is 1.24 bits per heavy atom. The molecule has 0 aromatic carbocycles. The minimum Gasteiger partial charge on any atom is -0.309 e. The molecular formula is C15H25NS. The molecule has 1 aliphatic rings. The lowest BCUT2D eigenvalue weighted by molar-refractivity contribution is 0.0846. The van der Waals surface area contributed by atoms with E-state index in [9.17, 15) is 0 Å². The van der Waals surface area contributed by atoms with E-state index in [0.717, 1.165) is 6.54 Å². The van der Waals surface area contributed by atoms with Crippen LogP contribution in [0.5, 0.6) is 0 Å². The molecule has 1 N–H and O–H groups in total. The Kier molecular flexibility index (Phi) is 3.65. The maximum absolute atomic E-state index is 3.75. The highest BCUT2D eigenvalue weighted by molar-refractivity contribution is 7.09. The zero-order valence-corrected chi connectivity index (χ0v) is 12.4. The summed E-state index contributed by atoms with van der Waals surface area (Å²) in [5.74, 6) is 0. The second kappa shape index (κ2) is 4.74. The van der Waals surface area contributed by atoms with Gasteiger partial charge in [0.1, 0.15) is 0 Å². The summed E-state index contributed by atoms with van der Waals surface area (Å²) < 4.78 is 0. The van der Waals surface area contributed by atoms with Crippen molar-refractivity contribution in [1.29, 1.82) is 0 Å². The summed E-state index contributed by atoms with van der Waals surface area (Å²) in [6.45, 7) is 10.7. The molecule has 1 saturated carbocycles. The summed E-state index contributed by atoms with van der Waals surface area (Å²) in [6, 6.07) is 5.03. The molecule has 1 aromatic heterocycles. The van der Waals surface area contributed by atoms with Gasteiger partial charge in [0.05, 0.1) is 0 Å². The predicted molar refractivity (Wildman–Crippen MR) is 76.4 cm³/mol. The van der Waals surface area contributed by atoms with Gasteiger partial charge in [-0.25, -0.2) is 0 Å².